The average molecular weight is 235 g/mol. The fourth-order valence-electron chi connectivity index (χ4n) is 2.19. The monoisotopic (exact) mass is 235 g/mol. The quantitative estimate of drug-likeness (QED) is 0.785. The number of nitrogens with two attached hydrogens (primary N) is 1. The molecule has 1 fully saturated rings. The van der Waals surface area contributed by atoms with Crippen LogP contribution in [-0.4, -0.2) is 43.0 Å². The van der Waals surface area contributed by atoms with Crippen LogP contribution in [0, 0.1) is 0 Å². The minimum Gasteiger partial charge on any atom is -0.304 e. The molecule has 17 heavy (non-hydrogen) atoms. The minimum atomic E-state index is 0.490. The van der Waals surface area contributed by atoms with Crippen molar-refractivity contribution in [1.29, 1.82) is 0 Å². The number of hydrogen-bond donors (Lipinski definition) is 1. The van der Waals surface area contributed by atoms with Crippen LogP contribution in [0.25, 0.3) is 0 Å². The van der Waals surface area contributed by atoms with E-state index < -0.39 is 0 Å². The summed E-state index contributed by atoms with van der Waals surface area (Å²) in [6.45, 7) is 6.05. The maximum Gasteiger partial charge on any atom is 0.0933 e. The van der Waals surface area contributed by atoms with Crippen LogP contribution in [0.2, 0.25) is 0 Å². The topological polar surface area (TPSA) is 41.7 Å². The Morgan fingerprint density at radius 2 is 1.76 bits per heavy atom. The summed E-state index contributed by atoms with van der Waals surface area (Å²) in [5.74, 6) is 5.16. The largest absolute Gasteiger partial charge is 0.304 e. The summed E-state index contributed by atoms with van der Waals surface area (Å²) in [6, 6.07) is 8.35. The Labute approximate surface area is 103 Å². The molecule has 1 saturated heterocycles. The predicted octanol–water partition coefficient (Wildman–Crippen LogP) is 0.824. The predicted molar refractivity (Wildman–Crippen MR) is 68.2 cm³/mol. The molecule has 0 bridgehead atoms. The normalized spacial score (nSPS) is 18.5. The van der Waals surface area contributed by atoms with Crippen LogP contribution in [0.5, 0.6) is 0 Å². The highest BCUT2D eigenvalue weighted by Gasteiger charge is 2.14. The van der Waals surface area contributed by atoms with Gasteiger partial charge < -0.3 is 4.90 Å². The molecule has 1 heterocycles. The molecule has 94 valence electrons. The fraction of sp³-hybridized carbons (Fsp3) is 0.538. The van der Waals surface area contributed by atoms with E-state index in [9.17, 15) is 0 Å². The first-order valence-corrected chi connectivity index (χ1v) is 6.09. The van der Waals surface area contributed by atoms with E-state index in [1.54, 1.807) is 0 Å². The molecule has 0 radical (unpaired) electrons. The number of nitrogens with zero attached hydrogens (tertiary/aromatic N) is 2. The van der Waals surface area contributed by atoms with Gasteiger partial charge in [0.15, 0.2) is 0 Å². The molecule has 1 aliphatic heterocycles. The van der Waals surface area contributed by atoms with Crippen LogP contribution in [0.1, 0.15) is 11.1 Å². The molecule has 0 aliphatic carbocycles. The third-order valence-corrected chi connectivity index (χ3v) is 3.35. The molecular formula is C13H21N3O. The van der Waals surface area contributed by atoms with Crippen molar-refractivity contribution in [3.63, 3.8) is 0 Å². The lowest BCUT2D eigenvalue weighted by Gasteiger charge is -2.32. The highest BCUT2D eigenvalue weighted by atomic mass is 16.6. The SMILES string of the molecule is CN1CCN(Cc2ccccc2CON)CC1. The molecule has 0 aromatic heterocycles. The third-order valence-electron chi connectivity index (χ3n) is 3.35. The summed E-state index contributed by atoms with van der Waals surface area (Å²) in [6.07, 6.45) is 0. The molecule has 4 nitrogen and oxygen atoms in total. The molecule has 0 amide bonds. The van der Waals surface area contributed by atoms with Crippen molar-refractivity contribution >= 4 is 0 Å². The van der Waals surface area contributed by atoms with Gasteiger partial charge in [-0.3, -0.25) is 9.74 Å². The molecule has 2 rings (SSSR count). The van der Waals surface area contributed by atoms with Crippen LogP contribution in [0.15, 0.2) is 24.3 Å². The third kappa shape index (κ3) is 3.51. The maximum absolute atomic E-state index is 5.16. The molecule has 0 unspecified atom stereocenters. The summed E-state index contributed by atoms with van der Waals surface area (Å²) < 4.78 is 0. The minimum absolute atomic E-state index is 0.490. The van der Waals surface area contributed by atoms with Gasteiger partial charge >= 0.3 is 0 Å². The van der Waals surface area contributed by atoms with E-state index in [1.165, 1.54) is 11.1 Å². The molecule has 1 aliphatic rings. The summed E-state index contributed by atoms with van der Waals surface area (Å²) in [5, 5.41) is 0. The molecule has 0 atom stereocenters. The van der Waals surface area contributed by atoms with E-state index in [-0.39, 0.29) is 0 Å². The highest BCUT2D eigenvalue weighted by Crippen LogP contribution is 2.13. The van der Waals surface area contributed by atoms with Gasteiger partial charge in [-0.05, 0) is 18.2 Å². The van der Waals surface area contributed by atoms with Crippen LogP contribution in [-0.2, 0) is 18.0 Å². The molecular weight excluding hydrogens is 214 g/mol. The number of rotatable bonds is 4. The van der Waals surface area contributed by atoms with Gasteiger partial charge in [0.05, 0.1) is 6.61 Å². The van der Waals surface area contributed by atoms with Gasteiger partial charge in [0.1, 0.15) is 0 Å². The van der Waals surface area contributed by atoms with E-state index in [4.69, 9.17) is 10.7 Å². The van der Waals surface area contributed by atoms with Crippen LogP contribution in [0.4, 0.5) is 0 Å². The Balaban J connectivity index is 1.98. The highest BCUT2D eigenvalue weighted by molar-refractivity contribution is 5.26. The Hall–Kier alpha value is -0.940. The number of likely N-dealkylation sites (N-methyl/N-ethyl adjacent to an activating group) is 1. The van der Waals surface area contributed by atoms with Crippen molar-refractivity contribution in [2.75, 3.05) is 33.2 Å². The van der Waals surface area contributed by atoms with Crippen molar-refractivity contribution in [3.8, 4) is 0 Å². The van der Waals surface area contributed by atoms with Gasteiger partial charge in [0, 0.05) is 32.7 Å². The van der Waals surface area contributed by atoms with Gasteiger partial charge in [0.25, 0.3) is 0 Å². The first kappa shape index (κ1) is 12.5. The van der Waals surface area contributed by atoms with Crippen molar-refractivity contribution in [2.45, 2.75) is 13.2 Å². The van der Waals surface area contributed by atoms with Gasteiger partial charge in [-0.15, -0.1) is 0 Å². The van der Waals surface area contributed by atoms with E-state index >= 15 is 0 Å². The van der Waals surface area contributed by atoms with E-state index in [2.05, 4.69) is 35.0 Å². The van der Waals surface area contributed by atoms with Gasteiger partial charge in [-0.2, -0.15) is 0 Å². The van der Waals surface area contributed by atoms with Gasteiger partial charge in [-0.1, -0.05) is 24.3 Å². The second kappa shape index (κ2) is 6.12. The van der Waals surface area contributed by atoms with Crippen molar-refractivity contribution in [2.24, 2.45) is 5.90 Å². The summed E-state index contributed by atoms with van der Waals surface area (Å²) in [4.78, 5) is 9.60. The lowest BCUT2D eigenvalue weighted by Crippen LogP contribution is -2.44. The fourth-order valence-corrected chi connectivity index (χ4v) is 2.19. The van der Waals surface area contributed by atoms with Crippen molar-refractivity contribution < 1.29 is 4.84 Å². The molecule has 1 aromatic carbocycles. The van der Waals surface area contributed by atoms with E-state index in [0.29, 0.717) is 6.61 Å². The molecule has 0 spiro atoms. The molecule has 2 N–H and O–H groups in total. The number of hydrogen-bond acceptors (Lipinski definition) is 4. The number of piperazine rings is 1. The van der Waals surface area contributed by atoms with Crippen LogP contribution < -0.4 is 5.90 Å². The first-order valence-electron chi connectivity index (χ1n) is 6.09. The summed E-state index contributed by atoms with van der Waals surface area (Å²) >= 11 is 0. The molecule has 4 heteroatoms. The van der Waals surface area contributed by atoms with Crippen molar-refractivity contribution in [3.05, 3.63) is 35.4 Å². The van der Waals surface area contributed by atoms with Crippen LogP contribution in [0.3, 0.4) is 0 Å². The van der Waals surface area contributed by atoms with E-state index in [1.807, 2.05) is 6.07 Å². The lowest BCUT2D eigenvalue weighted by atomic mass is 10.1. The van der Waals surface area contributed by atoms with Crippen LogP contribution >= 0.6 is 0 Å². The standard InChI is InChI=1S/C13H21N3O/c1-15-6-8-16(9-7-15)10-12-4-2-3-5-13(12)11-17-14/h2-5H,6-11,14H2,1H3. The van der Waals surface area contributed by atoms with Crippen molar-refractivity contribution in [1.82, 2.24) is 9.80 Å². The van der Waals surface area contributed by atoms with E-state index in [0.717, 1.165) is 32.7 Å². The summed E-state index contributed by atoms with van der Waals surface area (Å²) in [7, 11) is 2.17. The zero-order valence-electron chi connectivity index (χ0n) is 10.4. The molecule has 1 aromatic rings. The Bertz CT molecular complexity index is 348. The van der Waals surface area contributed by atoms with Gasteiger partial charge in [0.2, 0.25) is 0 Å². The Morgan fingerprint density at radius 3 is 2.41 bits per heavy atom. The second-order valence-electron chi connectivity index (χ2n) is 4.66. The zero-order valence-corrected chi connectivity index (χ0v) is 10.4. The lowest BCUT2D eigenvalue weighted by molar-refractivity contribution is 0.120. The Morgan fingerprint density at radius 1 is 1.12 bits per heavy atom. The van der Waals surface area contributed by atoms with Gasteiger partial charge in [-0.25, -0.2) is 5.90 Å². The zero-order chi connectivity index (χ0) is 12.1. The smallest absolute Gasteiger partial charge is 0.0933 e. The first-order chi connectivity index (χ1) is 8.29. The maximum atomic E-state index is 5.16. The second-order valence-corrected chi connectivity index (χ2v) is 4.66. The molecule has 0 saturated carbocycles. The average Bonchev–Trinajstić information content (AvgIpc) is 2.35. The number of benzene rings is 1. The Kier molecular flexibility index (Phi) is 4.50. The summed E-state index contributed by atoms with van der Waals surface area (Å²) in [5.41, 5.74) is 2.51.